The fourth-order valence-electron chi connectivity index (χ4n) is 1.32. The fraction of sp³-hybridized carbons (Fsp3) is 0.250. The van der Waals surface area contributed by atoms with E-state index in [9.17, 15) is 18.8 Å². The second-order valence-corrected chi connectivity index (χ2v) is 4.92. The van der Waals surface area contributed by atoms with Gasteiger partial charge in [0.1, 0.15) is 11.9 Å². The number of benzene rings is 1. The second-order valence-electron chi connectivity index (χ2n) is 3.87. The lowest BCUT2D eigenvalue weighted by Gasteiger charge is -2.12. The Morgan fingerprint density at radius 2 is 1.90 bits per heavy atom. The van der Waals surface area contributed by atoms with Crippen LogP contribution < -0.4 is 11.1 Å². The van der Waals surface area contributed by atoms with Crippen molar-refractivity contribution in [2.45, 2.75) is 17.4 Å². The van der Waals surface area contributed by atoms with Crippen molar-refractivity contribution in [3.8, 4) is 0 Å². The number of primary amides is 1. The van der Waals surface area contributed by atoms with Crippen LogP contribution in [0.3, 0.4) is 0 Å². The maximum absolute atomic E-state index is 12.7. The molecular weight excluding hydrogens is 287 g/mol. The Labute approximate surface area is 118 Å². The zero-order valence-corrected chi connectivity index (χ0v) is 11.2. The highest BCUT2D eigenvalue weighted by molar-refractivity contribution is 8.00. The standard InChI is InChI=1S/C12H13FN2O4S/c13-7-1-3-8(4-2-7)20-6-11(17)15-9(12(18)19)5-10(14)16/h1-4,9H,5-6H2,(H2,14,16)(H,15,17)(H,18,19). The highest BCUT2D eigenvalue weighted by Gasteiger charge is 2.21. The van der Waals surface area contributed by atoms with Gasteiger partial charge in [-0.15, -0.1) is 11.8 Å². The van der Waals surface area contributed by atoms with Crippen molar-refractivity contribution in [3.05, 3.63) is 30.1 Å². The van der Waals surface area contributed by atoms with E-state index in [1.54, 1.807) is 0 Å². The SMILES string of the molecule is NC(=O)CC(NC(=O)CSc1ccc(F)cc1)C(=O)O. The summed E-state index contributed by atoms with van der Waals surface area (Å²) in [5, 5.41) is 11.0. The van der Waals surface area contributed by atoms with Gasteiger partial charge in [0.15, 0.2) is 0 Å². The first-order valence-electron chi connectivity index (χ1n) is 5.57. The monoisotopic (exact) mass is 300 g/mol. The van der Waals surface area contributed by atoms with Crippen LogP contribution in [0.4, 0.5) is 4.39 Å². The van der Waals surface area contributed by atoms with Gasteiger partial charge in [0.05, 0.1) is 12.2 Å². The normalized spacial score (nSPS) is 11.7. The summed E-state index contributed by atoms with van der Waals surface area (Å²) in [7, 11) is 0. The second kappa shape index (κ2) is 7.49. The lowest BCUT2D eigenvalue weighted by atomic mass is 10.2. The Kier molecular flexibility index (Phi) is 5.98. The van der Waals surface area contributed by atoms with E-state index in [1.165, 1.54) is 24.3 Å². The Balaban J connectivity index is 2.47. The average Bonchev–Trinajstić information content (AvgIpc) is 2.36. The molecule has 1 aromatic rings. The molecule has 0 radical (unpaired) electrons. The van der Waals surface area contributed by atoms with Gasteiger partial charge in [0, 0.05) is 4.90 Å². The molecule has 2 amide bonds. The number of hydrogen-bond acceptors (Lipinski definition) is 4. The van der Waals surface area contributed by atoms with E-state index >= 15 is 0 Å². The predicted octanol–water partition coefficient (Wildman–Crippen LogP) is 0.363. The Morgan fingerprint density at radius 3 is 2.40 bits per heavy atom. The first-order valence-corrected chi connectivity index (χ1v) is 6.56. The Morgan fingerprint density at radius 1 is 1.30 bits per heavy atom. The van der Waals surface area contributed by atoms with Gasteiger partial charge in [-0.2, -0.15) is 0 Å². The quantitative estimate of drug-likeness (QED) is 0.630. The summed E-state index contributed by atoms with van der Waals surface area (Å²) in [5.74, 6) is -3.12. The minimum atomic E-state index is -1.34. The van der Waals surface area contributed by atoms with Crippen LogP contribution in [-0.2, 0) is 14.4 Å². The van der Waals surface area contributed by atoms with Gasteiger partial charge in [-0.3, -0.25) is 9.59 Å². The molecule has 20 heavy (non-hydrogen) atoms. The molecule has 4 N–H and O–H groups in total. The Hall–Kier alpha value is -2.09. The van der Waals surface area contributed by atoms with Gasteiger partial charge < -0.3 is 16.2 Å². The van der Waals surface area contributed by atoms with Gasteiger partial charge in [-0.05, 0) is 24.3 Å². The Bertz CT molecular complexity index is 507. The van der Waals surface area contributed by atoms with Crippen molar-refractivity contribution in [3.63, 3.8) is 0 Å². The first-order chi connectivity index (χ1) is 9.38. The summed E-state index contributed by atoms with van der Waals surface area (Å²) < 4.78 is 12.7. The van der Waals surface area contributed by atoms with Crippen LogP contribution in [0.15, 0.2) is 29.2 Å². The molecule has 0 saturated carbocycles. The third-order valence-electron chi connectivity index (χ3n) is 2.22. The van der Waals surface area contributed by atoms with Crippen LogP contribution in [0.5, 0.6) is 0 Å². The molecule has 8 heteroatoms. The van der Waals surface area contributed by atoms with E-state index < -0.39 is 30.2 Å². The highest BCUT2D eigenvalue weighted by Crippen LogP contribution is 2.17. The number of carbonyl (C=O) groups is 3. The average molecular weight is 300 g/mol. The molecule has 6 nitrogen and oxygen atoms in total. The number of thioether (sulfide) groups is 1. The number of carbonyl (C=O) groups excluding carboxylic acids is 2. The number of carboxylic acids is 1. The van der Waals surface area contributed by atoms with Crippen LogP contribution in [0.2, 0.25) is 0 Å². The molecule has 108 valence electrons. The van der Waals surface area contributed by atoms with E-state index in [2.05, 4.69) is 5.32 Å². The van der Waals surface area contributed by atoms with Crippen LogP contribution in [0, 0.1) is 5.82 Å². The highest BCUT2D eigenvalue weighted by atomic mass is 32.2. The van der Waals surface area contributed by atoms with Gasteiger partial charge in [0.2, 0.25) is 11.8 Å². The largest absolute Gasteiger partial charge is 0.480 e. The van der Waals surface area contributed by atoms with Gasteiger partial charge >= 0.3 is 5.97 Å². The number of rotatable bonds is 7. The number of hydrogen-bond donors (Lipinski definition) is 3. The number of nitrogens with two attached hydrogens (primary N) is 1. The third-order valence-corrected chi connectivity index (χ3v) is 3.23. The third kappa shape index (κ3) is 5.70. The molecule has 1 atom stereocenters. The fourth-order valence-corrected chi connectivity index (χ4v) is 2.03. The maximum atomic E-state index is 12.7. The van der Waals surface area contributed by atoms with Crippen LogP contribution in [-0.4, -0.2) is 34.7 Å². The molecule has 0 fully saturated rings. The summed E-state index contributed by atoms with van der Waals surface area (Å²) in [6.07, 6.45) is -0.470. The van der Waals surface area contributed by atoms with Crippen LogP contribution >= 0.6 is 11.8 Å². The molecule has 0 saturated heterocycles. The van der Waals surface area contributed by atoms with Crippen molar-refractivity contribution in [1.29, 1.82) is 0 Å². The molecule has 0 aromatic heterocycles. The molecule has 0 aliphatic carbocycles. The molecule has 0 heterocycles. The van der Waals surface area contributed by atoms with Crippen molar-refractivity contribution >= 4 is 29.5 Å². The topological polar surface area (TPSA) is 109 Å². The molecule has 1 rings (SSSR count). The minimum Gasteiger partial charge on any atom is -0.480 e. The number of aliphatic carboxylic acids is 1. The van der Waals surface area contributed by atoms with Crippen LogP contribution in [0.1, 0.15) is 6.42 Å². The molecule has 0 spiro atoms. The number of halogens is 1. The zero-order valence-electron chi connectivity index (χ0n) is 10.3. The molecule has 0 bridgehead atoms. The molecular formula is C12H13FN2O4S. The zero-order chi connectivity index (χ0) is 15.1. The lowest BCUT2D eigenvalue weighted by molar-refractivity contribution is -0.143. The summed E-state index contributed by atoms with van der Waals surface area (Å²) >= 11 is 1.12. The van der Waals surface area contributed by atoms with Crippen molar-refractivity contribution in [2.24, 2.45) is 5.73 Å². The van der Waals surface area contributed by atoms with Crippen molar-refractivity contribution in [2.75, 3.05) is 5.75 Å². The van der Waals surface area contributed by atoms with Crippen molar-refractivity contribution in [1.82, 2.24) is 5.32 Å². The van der Waals surface area contributed by atoms with E-state index in [1.807, 2.05) is 0 Å². The molecule has 1 aromatic carbocycles. The summed E-state index contributed by atoms with van der Waals surface area (Å²) in [6.45, 7) is 0. The number of nitrogens with one attached hydrogen (secondary N) is 1. The minimum absolute atomic E-state index is 0.0474. The lowest BCUT2D eigenvalue weighted by Crippen LogP contribution is -2.44. The van der Waals surface area contributed by atoms with Crippen molar-refractivity contribution < 1.29 is 23.9 Å². The summed E-state index contributed by atoms with van der Waals surface area (Å²) in [6, 6.07) is 4.19. The maximum Gasteiger partial charge on any atom is 0.326 e. The first kappa shape index (κ1) is 16.0. The molecule has 0 aliphatic heterocycles. The molecule has 1 unspecified atom stereocenters. The number of amides is 2. The van der Waals surface area contributed by atoms with Gasteiger partial charge in [0.25, 0.3) is 0 Å². The van der Waals surface area contributed by atoms with E-state index in [0.29, 0.717) is 4.90 Å². The van der Waals surface area contributed by atoms with E-state index in [0.717, 1.165) is 11.8 Å². The van der Waals surface area contributed by atoms with E-state index in [-0.39, 0.29) is 11.6 Å². The molecule has 0 aliphatic rings. The van der Waals surface area contributed by atoms with E-state index in [4.69, 9.17) is 10.8 Å². The smallest absolute Gasteiger partial charge is 0.326 e. The summed E-state index contributed by atoms with van der Waals surface area (Å²) in [5.41, 5.74) is 4.89. The number of carboxylic acid groups (broad SMARTS) is 1. The van der Waals surface area contributed by atoms with Gasteiger partial charge in [-0.1, -0.05) is 0 Å². The van der Waals surface area contributed by atoms with Crippen LogP contribution in [0.25, 0.3) is 0 Å². The van der Waals surface area contributed by atoms with Gasteiger partial charge in [-0.25, -0.2) is 9.18 Å². The summed E-state index contributed by atoms with van der Waals surface area (Å²) in [4.78, 5) is 33.7. The predicted molar refractivity (Wildman–Crippen MR) is 70.5 cm³/mol.